The second-order valence-corrected chi connectivity index (χ2v) is 9.98. The highest BCUT2D eigenvalue weighted by atomic mass is 79.9. The summed E-state index contributed by atoms with van der Waals surface area (Å²) < 4.78 is 3.32. The first-order valence-electron chi connectivity index (χ1n) is 11.2. The van der Waals surface area contributed by atoms with Crippen molar-refractivity contribution in [3.63, 3.8) is 0 Å². The van der Waals surface area contributed by atoms with Crippen LogP contribution in [0.5, 0.6) is 0 Å². The minimum absolute atomic E-state index is 0.0630. The number of nitrogens with one attached hydrogen (secondary N) is 1. The number of hydrogen-bond acceptors (Lipinski definition) is 3. The van der Waals surface area contributed by atoms with Crippen LogP contribution in [0.15, 0.2) is 71.5 Å². The first-order chi connectivity index (χ1) is 16.4. The van der Waals surface area contributed by atoms with E-state index in [-0.39, 0.29) is 12.1 Å². The van der Waals surface area contributed by atoms with Crippen molar-refractivity contribution in [1.82, 2.24) is 19.9 Å². The molecule has 0 radical (unpaired) electrons. The van der Waals surface area contributed by atoms with Crippen LogP contribution in [0.1, 0.15) is 45.9 Å². The van der Waals surface area contributed by atoms with Gasteiger partial charge in [0.15, 0.2) is 5.11 Å². The van der Waals surface area contributed by atoms with Gasteiger partial charge in [-0.25, -0.2) is 4.98 Å². The number of rotatable bonds is 4. The number of nitrogens with zero attached hydrogens (tertiary/aromatic N) is 4. The smallest absolute Gasteiger partial charge is 0.174 e. The van der Waals surface area contributed by atoms with Crippen molar-refractivity contribution in [2.45, 2.75) is 39.8 Å². The molecule has 5 nitrogen and oxygen atoms in total. The second kappa shape index (κ2) is 8.96. The Kier molecular flexibility index (Phi) is 6.00. The maximum atomic E-state index is 5.91. The summed E-state index contributed by atoms with van der Waals surface area (Å²) in [6.45, 7) is 8.50. The zero-order chi connectivity index (χ0) is 24.0. The molecule has 1 fully saturated rings. The quantitative estimate of drug-likeness (QED) is 0.307. The topological polar surface area (TPSA) is 46.0 Å². The van der Waals surface area contributed by atoms with Gasteiger partial charge in [-0.2, -0.15) is 0 Å². The number of pyridine rings is 2. The molecule has 2 atom stereocenters. The molecule has 1 saturated heterocycles. The van der Waals surface area contributed by atoms with Crippen molar-refractivity contribution in [2.75, 3.05) is 4.90 Å². The van der Waals surface area contributed by atoms with E-state index in [9.17, 15) is 0 Å². The number of aromatic nitrogens is 3. The first kappa shape index (κ1) is 22.7. The zero-order valence-electron chi connectivity index (χ0n) is 19.6. The summed E-state index contributed by atoms with van der Waals surface area (Å²) in [7, 11) is 0. The van der Waals surface area contributed by atoms with Crippen molar-refractivity contribution in [2.24, 2.45) is 0 Å². The Bertz CT molecular complexity index is 1380. The molecule has 172 valence electrons. The number of hydrogen-bond donors (Lipinski definition) is 1. The molecule has 1 N–H and O–H groups in total. The second-order valence-electron chi connectivity index (χ2n) is 8.74. The average molecular weight is 533 g/mol. The van der Waals surface area contributed by atoms with E-state index in [1.165, 1.54) is 5.56 Å². The third-order valence-electron chi connectivity index (χ3n) is 6.50. The minimum atomic E-state index is -0.0866. The fourth-order valence-electron chi connectivity index (χ4n) is 4.85. The molecule has 4 heterocycles. The Hall–Kier alpha value is -3.03. The molecule has 0 bridgehead atoms. The lowest BCUT2D eigenvalue weighted by Crippen LogP contribution is -2.29. The van der Waals surface area contributed by atoms with Crippen LogP contribution >= 0.6 is 28.1 Å². The number of thiocarbonyl (C=S) groups is 1. The summed E-state index contributed by atoms with van der Waals surface area (Å²) >= 11 is 9.54. The van der Waals surface area contributed by atoms with E-state index in [2.05, 4.69) is 99.8 Å². The Balaban J connectivity index is 1.70. The summed E-state index contributed by atoms with van der Waals surface area (Å²) in [5.74, 6) is 0.956. The van der Waals surface area contributed by atoms with Gasteiger partial charge in [-0.1, -0.05) is 28.1 Å². The minimum Gasteiger partial charge on any atom is -0.351 e. The molecule has 1 aliphatic rings. The normalized spacial score (nSPS) is 17.8. The van der Waals surface area contributed by atoms with Crippen molar-refractivity contribution in [1.29, 1.82) is 0 Å². The molecule has 1 aromatic carbocycles. The number of anilines is 1. The van der Waals surface area contributed by atoms with Crippen molar-refractivity contribution in [3.8, 4) is 5.82 Å². The van der Waals surface area contributed by atoms with Crippen molar-refractivity contribution < 1.29 is 0 Å². The van der Waals surface area contributed by atoms with Gasteiger partial charge in [0, 0.05) is 33.9 Å². The lowest BCUT2D eigenvalue weighted by Gasteiger charge is -2.28. The van der Waals surface area contributed by atoms with Gasteiger partial charge in [0.05, 0.1) is 17.8 Å². The van der Waals surface area contributed by atoms with E-state index in [0.717, 1.165) is 44.2 Å². The molecular formula is C27H26BrN5S. The summed E-state index contributed by atoms with van der Waals surface area (Å²) in [6, 6.07) is 18.6. The van der Waals surface area contributed by atoms with E-state index in [0.29, 0.717) is 5.11 Å². The zero-order valence-corrected chi connectivity index (χ0v) is 22.0. The standard InChI is InChI=1S/C27H26BrN5S/c1-16-8-7-13-30-26(16)32-18(3)15-21(19(32)4)25-24(23-9-5-6-12-29-23)31-27(34)33(25)20-10-11-22(28)17(2)14-20/h5-15,24-25H,1-4H3,(H,31,34)/t24-,25-/m1/s1. The van der Waals surface area contributed by atoms with Gasteiger partial charge in [0.25, 0.3) is 0 Å². The lowest BCUT2D eigenvalue weighted by molar-refractivity contribution is 0.565. The summed E-state index contributed by atoms with van der Waals surface area (Å²) in [6.07, 6.45) is 3.69. The van der Waals surface area contributed by atoms with Crippen molar-refractivity contribution in [3.05, 3.63) is 105 Å². The monoisotopic (exact) mass is 531 g/mol. The fourth-order valence-corrected chi connectivity index (χ4v) is 5.44. The summed E-state index contributed by atoms with van der Waals surface area (Å²) in [4.78, 5) is 11.6. The SMILES string of the molecule is Cc1cc(N2C(=S)N[C@H](c3ccccn3)[C@H]2c2cc(C)n(-c3ncccc3C)c2C)ccc1Br. The van der Waals surface area contributed by atoms with Crippen molar-refractivity contribution >= 4 is 38.9 Å². The molecule has 0 amide bonds. The van der Waals surface area contributed by atoms with E-state index >= 15 is 0 Å². The third kappa shape index (κ3) is 3.83. The van der Waals surface area contributed by atoms with Crippen LogP contribution in [-0.2, 0) is 0 Å². The highest BCUT2D eigenvalue weighted by molar-refractivity contribution is 9.10. The van der Waals surface area contributed by atoms with Crippen LogP contribution in [0.3, 0.4) is 0 Å². The van der Waals surface area contributed by atoms with Gasteiger partial charge in [0.2, 0.25) is 0 Å². The molecular weight excluding hydrogens is 506 g/mol. The van der Waals surface area contributed by atoms with Gasteiger partial charge >= 0.3 is 0 Å². The number of halogens is 1. The van der Waals surface area contributed by atoms with Gasteiger partial charge in [0.1, 0.15) is 5.82 Å². The molecule has 0 aliphatic carbocycles. The summed E-state index contributed by atoms with van der Waals surface area (Å²) in [5, 5.41) is 4.26. The molecule has 3 aromatic heterocycles. The Morgan fingerprint density at radius 1 is 0.912 bits per heavy atom. The van der Waals surface area contributed by atoms with Gasteiger partial charge in [-0.15, -0.1) is 0 Å². The van der Waals surface area contributed by atoms with E-state index < -0.39 is 0 Å². The average Bonchev–Trinajstić information content (AvgIpc) is 3.32. The highest BCUT2D eigenvalue weighted by Crippen LogP contribution is 2.44. The van der Waals surface area contributed by atoms with E-state index in [1.54, 1.807) is 0 Å². The molecule has 7 heteroatoms. The molecule has 0 saturated carbocycles. The molecule has 0 spiro atoms. The molecule has 4 aromatic rings. The molecule has 34 heavy (non-hydrogen) atoms. The van der Waals surface area contributed by atoms with E-state index in [1.807, 2.05) is 30.6 Å². The van der Waals surface area contributed by atoms with Crippen LogP contribution in [0.25, 0.3) is 5.82 Å². The van der Waals surface area contributed by atoms with Crippen LogP contribution in [-0.4, -0.2) is 19.6 Å². The third-order valence-corrected chi connectivity index (χ3v) is 7.70. The van der Waals surface area contributed by atoms with Gasteiger partial charge < -0.3 is 14.8 Å². The predicted octanol–water partition coefficient (Wildman–Crippen LogP) is 6.44. The van der Waals surface area contributed by atoms with Crippen LogP contribution in [0.4, 0.5) is 5.69 Å². The number of aryl methyl sites for hydroxylation is 3. The van der Waals surface area contributed by atoms with Crippen LogP contribution in [0, 0.1) is 27.7 Å². The van der Waals surface area contributed by atoms with E-state index in [4.69, 9.17) is 17.2 Å². The Morgan fingerprint density at radius 3 is 2.41 bits per heavy atom. The van der Waals surface area contributed by atoms with Crippen LogP contribution < -0.4 is 10.2 Å². The lowest BCUT2D eigenvalue weighted by atomic mass is 9.96. The maximum Gasteiger partial charge on any atom is 0.174 e. The summed E-state index contributed by atoms with van der Waals surface area (Å²) in [5.41, 5.74) is 7.80. The Labute approximate surface area is 214 Å². The number of benzene rings is 1. The first-order valence-corrected chi connectivity index (χ1v) is 12.4. The maximum absolute atomic E-state index is 5.91. The van der Waals surface area contributed by atoms with Gasteiger partial charge in [-0.3, -0.25) is 4.98 Å². The largest absolute Gasteiger partial charge is 0.351 e. The Morgan fingerprint density at radius 2 is 1.71 bits per heavy atom. The fraction of sp³-hybridized carbons (Fsp3) is 0.222. The predicted molar refractivity (Wildman–Crippen MR) is 145 cm³/mol. The molecule has 1 aliphatic heterocycles. The van der Waals surface area contributed by atoms with Gasteiger partial charge in [-0.05, 0) is 99.1 Å². The molecule has 0 unspecified atom stereocenters. The van der Waals surface area contributed by atoms with Crippen LogP contribution in [0.2, 0.25) is 0 Å². The highest BCUT2D eigenvalue weighted by Gasteiger charge is 2.42. The molecule has 5 rings (SSSR count).